The lowest BCUT2D eigenvalue weighted by Gasteiger charge is -2.36. The first-order chi connectivity index (χ1) is 12.8. The minimum absolute atomic E-state index is 0.0647. The summed E-state index contributed by atoms with van der Waals surface area (Å²) in [5.41, 5.74) is -0.738. The molecule has 2 atom stereocenters. The summed E-state index contributed by atoms with van der Waals surface area (Å²) in [7, 11) is 0. The zero-order chi connectivity index (χ0) is 19.4. The maximum Gasteiger partial charge on any atom is 0.417 e. The Morgan fingerprint density at radius 1 is 1.19 bits per heavy atom. The van der Waals surface area contributed by atoms with Crippen molar-refractivity contribution in [1.82, 2.24) is 15.2 Å². The Morgan fingerprint density at radius 3 is 2.48 bits per heavy atom. The molecular weight excluding hydrogens is 357 g/mol. The number of anilines is 1. The summed E-state index contributed by atoms with van der Waals surface area (Å²) in [6, 6.07) is 2.76. The first-order valence-electron chi connectivity index (χ1n) is 9.63. The third-order valence-corrected chi connectivity index (χ3v) is 5.60. The molecule has 1 aromatic heterocycles. The molecule has 0 spiro atoms. The van der Waals surface area contributed by atoms with Gasteiger partial charge in [0.25, 0.3) is 0 Å². The van der Waals surface area contributed by atoms with Gasteiger partial charge in [-0.05, 0) is 30.9 Å². The van der Waals surface area contributed by atoms with Crippen molar-refractivity contribution in [3.05, 3.63) is 23.9 Å². The molecule has 2 aliphatic rings. The monoisotopic (exact) mass is 384 g/mol. The van der Waals surface area contributed by atoms with Crippen molar-refractivity contribution in [2.24, 2.45) is 5.92 Å². The van der Waals surface area contributed by atoms with Crippen LogP contribution in [-0.2, 0) is 11.0 Å². The number of amides is 1. The highest BCUT2D eigenvalue weighted by atomic mass is 19.4. The third kappa shape index (κ3) is 5.34. The highest BCUT2D eigenvalue weighted by Crippen LogP contribution is 2.29. The Morgan fingerprint density at radius 2 is 1.89 bits per heavy atom. The van der Waals surface area contributed by atoms with Gasteiger partial charge in [0.15, 0.2) is 0 Å². The van der Waals surface area contributed by atoms with Crippen LogP contribution < -0.4 is 10.2 Å². The van der Waals surface area contributed by atoms with E-state index in [1.807, 2.05) is 4.90 Å². The van der Waals surface area contributed by atoms with Gasteiger partial charge >= 0.3 is 6.18 Å². The van der Waals surface area contributed by atoms with Gasteiger partial charge in [-0.3, -0.25) is 9.69 Å². The summed E-state index contributed by atoms with van der Waals surface area (Å²) in [4.78, 5) is 20.3. The Balaban J connectivity index is 1.45. The number of nitrogens with one attached hydrogen (secondary N) is 1. The second kappa shape index (κ2) is 8.46. The van der Waals surface area contributed by atoms with Crippen LogP contribution in [0.1, 0.15) is 38.2 Å². The molecule has 2 unspecified atom stereocenters. The van der Waals surface area contributed by atoms with Crippen molar-refractivity contribution in [2.45, 2.75) is 44.8 Å². The summed E-state index contributed by atoms with van der Waals surface area (Å²) in [6.07, 6.45) is 1.15. The number of hydrogen-bond donors (Lipinski definition) is 1. The Bertz CT molecular complexity index is 627. The summed E-state index contributed by atoms with van der Waals surface area (Å²) in [5, 5.41) is 3.17. The zero-order valence-electron chi connectivity index (χ0n) is 15.6. The van der Waals surface area contributed by atoms with E-state index >= 15 is 0 Å². The summed E-state index contributed by atoms with van der Waals surface area (Å²) >= 11 is 0. The van der Waals surface area contributed by atoms with Crippen LogP contribution in [0.15, 0.2) is 18.3 Å². The van der Waals surface area contributed by atoms with E-state index in [1.165, 1.54) is 25.3 Å². The summed E-state index contributed by atoms with van der Waals surface area (Å²) in [5.74, 6) is 1.14. The maximum absolute atomic E-state index is 12.6. The van der Waals surface area contributed by atoms with Crippen molar-refractivity contribution in [2.75, 3.05) is 37.6 Å². The van der Waals surface area contributed by atoms with E-state index < -0.39 is 11.7 Å². The first kappa shape index (κ1) is 19.9. The minimum atomic E-state index is -4.37. The van der Waals surface area contributed by atoms with E-state index in [1.54, 1.807) is 0 Å². The number of piperazine rings is 1. The van der Waals surface area contributed by atoms with Crippen molar-refractivity contribution < 1.29 is 18.0 Å². The van der Waals surface area contributed by atoms with Crippen molar-refractivity contribution in [1.29, 1.82) is 0 Å². The molecule has 1 aliphatic heterocycles. The molecule has 5 nitrogen and oxygen atoms in total. The van der Waals surface area contributed by atoms with Crippen LogP contribution in [-0.4, -0.2) is 54.6 Å². The molecule has 1 saturated heterocycles. The Labute approximate surface area is 157 Å². The molecule has 2 heterocycles. The molecule has 1 saturated carbocycles. The quantitative estimate of drug-likeness (QED) is 0.867. The molecule has 2 fully saturated rings. The molecule has 1 N–H and O–H groups in total. The Hall–Kier alpha value is -1.83. The van der Waals surface area contributed by atoms with Gasteiger partial charge in [0.1, 0.15) is 5.82 Å². The molecule has 8 heteroatoms. The highest BCUT2D eigenvalue weighted by Gasteiger charge is 2.31. The smallest absolute Gasteiger partial charge is 0.354 e. The van der Waals surface area contributed by atoms with Crippen LogP contribution in [0.2, 0.25) is 0 Å². The number of halogens is 3. The number of aromatic nitrogens is 1. The number of rotatable bonds is 4. The van der Waals surface area contributed by atoms with Crippen molar-refractivity contribution in [3.8, 4) is 0 Å². The average Bonchev–Trinajstić information content (AvgIpc) is 2.64. The van der Waals surface area contributed by atoms with Gasteiger partial charge in [-0.2, -0.15) is 13.2 Å². The number of hydrogen-bond acceptors (Lipinski definition) is 4. The topological polar surface area (TPSA) is 48.5 Å². The minimum Gasteiger partial charge on any atom is -0.354 e. The fourth-order valence-electron chi connectivity index (χ4n) is 3.86. The maximum atomic E-state index is 12.6. The van der Waals surface area contributed by atoms with E-state index in [2.05, 4.69) is 22.1 Å². The largest absolute Gasteiger partial charge is 0.417 e. The van der Waals surface area contributed by atoms with Crippen LogP contribution in [0.5, 0.6) is 0 Å². The van der Waals surface area contributed by atoms with Gasteiger partial charge in [-0.1, -0.05) is 19.8 Å². The van der Waals surface area contributed by atoms with E-state index in [0.717, 1.165) is 18.7 Å². The second-order valence-corrected chi connectivity index (χ2v) is 7.60. The second-order valence-electron chi connectivity index (χ2n) is 7.60. The lowest BCUT2D eigenvalue weighted by molar-refractivity contribution is -0.137. The lowest BCUT2D eigenvalue weighted by Crippen LogP contribution is -2.51. The van der Waals surface area contributed by atoms with Gasteiger partial charge in [0.2, 0.25) is 5.91 Å². The first-order valence-corrected chi connectivity index (χ1v) is 9.63. The SMILES string of the molecule is CC1CCCCC1NC(=O)CN1CCN(c2ccc(C(F)(F)F)cn2)CC1. The third-order valence-electron chi connectivity index (χ3n) is 5.60. The molecule has 3 rings (SSSR count). The predicted molar refractivity (Wildman–Crippen MR) is 97.5 cm³/mol. The Kier molecular flexibility index (Phi) is 6.24. The standard InChI is InChI=1S/C19H27F3N4O/c1-14-4-2-3-5-16(14)24-18(27)13-25-8-10-26(11-9-25)17-7-6-15(12-23-17)19(20,21)22/h6-7,12,14,16H,2-5,8-11,13H2,1H3,(H,24,27). The lowest BCUT2D eigenvalue weighted by atomic mass is 9.86. The van der Waals surface area contributed by atoms with Crippen LogP contribution in [0.3, 0.4) is 0 Å². The van der Waals surface area contributed by atoms with Gasteiger partial charge in [-0.15, -0.1) is 0 Å². The predicted octanol–water partition coefficient (Wildman–Crippen LogP) is 2.92. The molecule has 0 radical (unpaired) electrons. The van der Waals surface area contributed by atoms with Crippen LogP contribution in [0.25, 0.3) is 0 Å². The van der Waals surface area contributed by atoms with Gasteiger partial charge in [0.05, 0.1) is 12.1 Å². The van der Waals surface area contributed by atoms with Crippen LogP contribution in [0, 0.1) is 5.92 Å². The molecule has 1 aromatic rings. The van der Waals surface area contributed by atoms with Crippen LogP contribution in [0.4, 0.5) is 19.0 Å². The van der Waals surface area contributed by atoms with E-state index in [0.29, 0.717) is 44.5 Å². The number of carbonyl (C=O) groups is 1. The van der Waals surface area contributed by atoms with Crippen molar-refractivity contribution >= 4 is 11.7 Å². The molecule has 150 valence electrons. The van der Waals surface area contributed by atoms with E-state index in [9.17, 15) is 18.0 Å². The molecule has 0 aromatic carbocycles. The number of pyridine rings is 1. The number of nitrogens with zero attached hydrogens (tertiary/aromatic N) is 3. The van der Waals surface area contributed by atoms with Gasteiger partial charge in [0, 0.05) is 38.4 Å². The fourth-order valence-corrected chi connectivity index (χ4v) is 3.86. The zero-order valence-corrected chi connectivity index (χ0v) is 15.6. The molecular formula is C19H27F3N4O. The fraction of sp³-hybridized carbons (Fsp3) is 0.684. The normalized spacial score (nSPS) is 24.7. The molecule has 0 bridgehead atoms. The van der Waals surface area contributed by atoms with Gasteiger partial charge in [-0.25, -0.2) is 4.98 Å². The van der Waals surface area contributed by atoms with Gasteiger partial charge < -0.3 is 10.2 Å². The average molecular weight is 384 g/mol. The van der Waals surface area contributed by atoms with E-state index in [4.69, 9.17) is 0 Å². The van der Waals surface area contributed by atoms with Crippen molar-refractivity contribution in [3.63, 3.8) is 0 Å². The molecule has 1 amide bonds. The number of carbonyl (C=O) groups excluding carboxylic acids is 1. The van der Waals surface area contributed by atoms with Crippen LogP contribution >= 0.6 is 0 Å². The molecule has 27 heavy (non-hydrogen) atoms. The number of alkyl halides is 3. The molecule has 1 aliphatic carbocycles. The van der Waals surface area contributed by atoms with E-state index in [-0.39, 0.29) is 11.9 Å². The summed E-state index contributed by atoms with van der Waals surface area (Å²) in [6.45, 7) is 5.24. The summed E-state index contributed by atoms with van der Waals surface area (Å²) < 4.78 is 37.9. The highest BCUT2D eigenvalue weighted by molar-refractivity contribution is 5.78.